The zero-order valence-corrected chi connectivity index (χ0v) is 22.5. The Morgan fingerprint density at radius 2 is 1.88 bits per heavy atom. The van der Waals surface area contributed by atoms with Crippen molar-refractivity contribution in [2.24, 2.45) is 0 Å². The fourth-order valence-electron chi connectivity index (χ4n) is 4.85. The smallest absolute Gasteiger partial charge is 0.414 e. The van der Waals surface area contributed by atoms with Gasteiger partial charge in [-0.3, -0.25) is 24.3 Å². The third kappa shape index (κ3) is 5.93. The SMILES string of the molecule is CC(=O)NCC1CN(c2cc(F)c(N3CCN(C(=O)C(CO)NC(=O)c4cn5ccncc5n4)CC3)c(F)c2)C(=O)O1. The summed E-state index contributed by atoms with van der Waals surface area (Å²) in [6.07, 6.45) is 4.62. The predicted octanol–water partition coefficient (Wildman–Crippen LogP) is -0.0917. The van der Waals surface area contributed by atoms with Crippen molar-refractivity contribution in [1.29, 1.82) is 0 Å². The number of imidazole rings is 1. The van der Waals surface area contributed by atoms with E-state index in [9.17, 15) is 24.3 Å². The maximum Gasteiger partial charge on any atom is 0.414 e. The molecule has 2 atom stereocenters. The van der Waals surface area contributed by atoms with E-state index in [4.69, 9.17) is 4.74 Å². The summed E-state index contributed by atoms with van der Waals surface area (Å²) in [5.74, 6) is -3.30. The van der Waals surface area contributed by atoms with Crippen LogP contribution in [0.3, 0.4) is 0 Å². The van der Waals surface area contributed by atoms with Gasteiger partial charge in [0.15, 0.2) is 17.3 Å². The lowest BCUT2D eigenvalue weighted by molar-refractivity contribution is -0.134. The molecule has 2 aliphatic rings. The number of carbonyl (C=O) groups is 4. The van der Waals surface area contributed by atoms with E-state index in [0.29, 0.717) is 5.65 Å². The molecule has 222 valence electrons. The van der Waals surface area contributed by atoms with Gasteiger partial charge in [0.05, 0.1) is 31.6 Å². The van der Waals surface area contributed by atoms with Crippen LogP contribution in [0.15, 0.2) is 36.9 Å². The Morgan fingerprint density at radius 1 is 1.17 bits per heavy atom. The molecule has 3 aromatic rings. The van der Waals surface area contributed by atoms with Crippen molar-refractivity contribution in [3.05, 3.63) is 54.2 Å². The number of nitrogens with zero attached hydrogens (tertiary/aromatic N) is 6. The Kier molecular flexibility index (Phi) is 8.15. The molecule has 4 amide bonds. The normalized spacial score (nSPS) is 17.8. The highest BCUT2D eigenvalue weighted by atomic mass is 19.1. The molecule has 2 fully saturated rings. The first-order valence-corrected chi connectivity index (χ1v) is 13.1. The number of cyclic esters (lactones) is 1. The fourth-order valence-corrected chi connectivity index (χ4v) is 4.85. The summed E-state index contributed by atoms with van der Waals surface area (Å²) in [6.45, 7) is 1.06. The van der Waals surface area contributed by atoms with Gasteiger partial charge in [-0.05, 0) is 0 Å². The number of rotatable bonds is 8. The minimum atomic E-state index is -1.24. The summed E-state index contributed by atoms with van der Waals surface area (Å²) in [5, 5.41) is 14.8. The van der Waals surface area contributed by atoms with Crippen LogP contribution in [0.5, 0.6) is 0 Å². The molecule has 2 unspecified atom stereocenters. The highest BCUT2D eigenvalue weighted by molar-refractivity contribution is 5.96. The van der Waals surface area contributed by atoms with Crippen molar-refractivity contribution in [1.82, 2.24) is 29.9 Å². The standard InChI is InChI=1S/C26H28F2N8O6/c1-15(38)30-10-17-12-36(26(41)42-17)16-8-18(27)23(19(28)9-16)33-4-6-34(7-5-33)25(40)21(14-37)32-24(39)20-13-35-3-2-29-11-22(35)31-20/h2-3,8-9,11,13,17,21,37H,4-7,10,12,14H2,1H3,(H,30,38)(H,32,39). The number of aliphatic hydroxyl groups excluding tert-OH is 1. The molecule has 1 aromatic carbocycles. The van der Waals surface area contributed by atoms with Crippen LogP contribution in [-0.4, -0.2) is 106 Å². The van der Waals surface area contributed by atoms with Gasteiger partial charge in [-0.25, -0.2) is 18.6 Å². The van der Waals surface area contributed by atoms with Gasteiger partial charge in [0.25, 0.3) is 5.91 Å². The third-order valence-electron chi connectivity index (χ3n) is 6.96. The van der Waals surface area contributed by atoms with E-state index < -0.39 is 48.3 Å². The van der Waals surface area contributed by atoms with Crippen molar-refractivity contribution in [3.63, 3.8) is 0 Å². The average molecular weight is 587 g/mol. The number of hydrogen-bond donors (Lipinski definition) is 3. The number of ether oxygens (including phenoxy) is 1. The second-order valence-electron chi connectivity index (χ2n) is 9.80. The van der Waals surface area contributed by atoms with Gasteiger partial charge < -0.3 is 34.7 Å². The number of anilines is 2. The monoisotopic (exact) mass is 586 g/mol. The Hall–Kier alpha value is -4.86. The number of benzene rings is 1. The fraction of sp³-hybridized carbons (Fsp3) is 0.385. The molecular weight excluding hydrogens is 558 g/mol. The number of fused-ring (bicyclic) bond motifs is 1. The van der Waals surface area contributed by atoms with Crippen LogP contribution in [0, 0.1) is 11.6 Å². The molecule has 2 saturated heterocycles. The molecule has 4 heterocycles. The van der Waals surface area contributed by atoms with E-state index in [-0.39, 0.29) is 62.2 Å². The van der Waals surface area contributed by atoms with Gasteiger partial charge in [0.2, 0.25) is 11.8 Å². The first-order valence-electron chi connectivity index (χ1n) is 13.1. The summed E-state index contributed by atoms with van der Waals surface area (Å²) < 4.78 is 37.1. The summed E-state index contributed by atoms with van der Waals surface area (Å²) in [5.41, 5.74) is 0.145. The van der Waals surface area contributed by atoms with E-state index in [1.165, 1.54) is 35.3 Å². The van der Waals surface area contributed by atoms with Crippen LogP contribution >= 0.6 is 0 Å². The second kappa shape index (κ2) is 11.9. The molecule has 2 aliphatic heterocycles. The molecule has 2 aromatic heterocycles. The van der Waals surface area contributed by atoms with E-state index in [1.54, 1.807) is 10.6 Å². The topological polar surface area (TPSA) is 162 Å². The molecule has 42 heavy (non-hydrogen) atoms. The molecule has 0 spiro atoms. The van der Waals surface area contributed by atoms with Crippen molar-refractivity contribution < 1.29 is 37.8 Å². The van der Waals surface area contributed by atoms with E-state index in [1.807, 2.05) is 0 Å². The lowest BCUT2D eigenvalue weighted by Crippen LogP contribution is -2.56. The Labute approximate surface area is 237 Å². The van der Waals surface area contributed by atoms with Gasteiger partial charge in [-0.15, -0.1) is 0 Å². The van der Waals surface area contributed by atoms with Gasteiger partial charge in [0.1, 0.15) is 23.5 Å². The number of aromatic nitrogens is 3. The van der Waals surface area contributed by atoms with Crippen LogP contribution in [0.1, 0.15) is 17.4 Å². The summed E-state index contributed by atoms with van der Waals surface area (Å²) in [4.78, 5) is 61.1. The van der Waals surface area contributed by atoms with Gasteiger partial charge in [0, 0.05) is 63.8 Å². The zero-order valence-electron chi connectivity index (χ0n) is 22.5. The molecule has 0 saturated carbocycles. The number of aliphatic hydroxyl groups is 1. The van der Waals surface area contributed by atoms with Gasteiger partial charge in [-0.1, -0.05) is 0 Å². The number of nitrogens with one attached hydrogen (secondary N) is 2. The van der Waals surface area contributed by atoms with Crippen LogP contribution < -0.4 is 20.4 Å². The lowest BCUT2D eigenvalue weighted by Gasteiger charge is -2.37. The number of carbonyl (C=O) groups excluding carboxylic acids is 4. The first kappa shape index (κ1) is 28.7. The molecule has 16 heteroatoms. The van der Waals surface area contributed by atoms with E-state index in [2.05, 4.69) is 20.6 Å². The third-order valence-corrected chi connectivity index (χ3v) is 6.96. The number of piperazine rings is 1. The van der Waals surface area contributed by atoms with Crippen molar-refractivity contribution >= 4 is 40.8 Å². The van der Waals surface area contributed by atoms with Gasteiger partial charge in [-0.2, -0.15) is 0 Å². The molecular formula is C26H28F2N8O6. The Bertz CT molecular complexity index is 1470. The highest BCUT2D eigenvalue weighted by Gasteiger charge is 2.35. The molecule has 5 rings (SSSR count). The predicted molar refractivity (Wildman–Crippen MR) is 143 cm³/mol. The second-order valence-corrected chi connectivity index (χ2v) is 9.80. The van der Waals surface area contributed by atoms with Crippen molar-refractivity contribution in [3.8, 4) is 0 Å². The number of amides is 4. The van der Waals surface area contributed by atoms with Crippen LogP contribution in [0.2, 0.25) is 0 Å². The number of hydrogen-bond acceptors (Lipinski definition) is 9. The summed E-state index contributed by atoms with van der Waals surface area (Å²) >= 11 is 0. The van der Waals surface area contributed by atoms with Crippen LogP contribution in [0.25, 0.3) is 5.65 Å². The molecule has 0 aliphatic carbocycles. The summed E-state index contributed by atoms with van der Waals surface area (Å²) in [7, 11) is 0. The minimum absolute atomic E-state index is 0.00897. The van der Waals surface area contributed by atoms with Crippen LogP contribution in [-0.2, 0) is 14.3 Å². The molecule has 3 N–H and O–H groups in total. The maximum absolute atomic E-state index is 15.2. The number of halogens is 2. The molecule has 14 nitrogen and oxygen atoms in total. The van der Waals surface area contributed by atoms with E-state index in [0.717, 1.165) is 17.0 Å². The van der Waals surface area contributed by atoms with Crippen LogP contribution in [0.4, 0.5) is 25.0 Å². The van der Waals surface area contributed by atoms with Gasteiger partial charge >= 0.3 is 6.09 Å². The average Bonchev–Trinajstić information content (AvgIpc) is 3.58. The maximum atomic E-state index is 15.2. The highest BCUT2D eigenvalue weighted by Crippen LogP contribution is 2.31. The lowest BCUT2D eigenvalue weighted by atomic mass is 10.1. The Balaban J connectivity index is 1.19. The first-order chi connectivity index (χ1) is 20.1. The molecule has 0 radical (unpaired) electrons. The summed E-state index contributed by atoms with van der Waals surface area (Å²) in [6, 6.07) is 0.824. The molecule has 0 bridgehead atoms. The quantitative estimate of drug-likeness (QED) is 0.328. The van der Waals surface area contributed by atoms with Crippen molar-refractivity contribution in [2.45, 2.75) is 19.1 Å². The largest absolute Gasteiger partial charge is 0.442 e. The van der Waals surface area contributed by atoms with E-state index >= 15 is 8.78 Å². The minimum Gasteiger partial charge on any atom is -0.442 e. The van der Waals surface area contributed by atoms with Crippen molar-refractivity contribution in [2.75, 3.05) is 55.7 Å². The zero-order chi connectivity index (χ0) is 30.0. The Morgan fingerprint density at radius 3 is 2.52 bits per heavy atom.